The van der Waals surface area contributed by atoms with Gasteiger partial charge in [0.2, 0.25) is 5.12 Å². The monoisotopic (exact) mass is 652 g/mol. The molecule has 0 saturated carbocycles. The van der Waals surface area contributed by atoms with Gasteiger partial charge in [0.1, 0.15) is 24.2 Å². The van der Waals surface area contributed by atoms with Crippen LogP contribution in [0.3, 0.4) is 0 Å². The molecule has 0 saturated heterocycles. The molecular formula is C40H32N2O5S. The van der Waals surface area contributed by atoms with Crippen LogP contribution in [0.5, 0.6) is 11.5 Å². The molecule has 0 spiro atoms. The minimum absolute atomic E-state index is 0.0801. The maximum atomic E-state index is 12.8. The Morgan fingerprint density at radius 3 is 1.60 bits per heavy atom. The zero-order chi connectivity index (χ0) is 33.6. The van der Waals surface area contributed by atoms with Crippen molar-refractivity contribution in [2.45, 2.75) is 18.9 Å². The van der Waals surface area contributed by atoms with Crippen LogP contribution in [0.4, 0.5) is 0 Å². The third-order valence-electron chi connectivity index (χ3n) is 7.39. The largest absolute Gasteiger partial charge is 0.493 e. The van der Waals surface area contributed by atoms with Crippen molar-refractivity contribution in [3.63, 3.8) is 0 Å². The fourth-order valence-electron chi connectivity index (χ4n) is 4.76. The lowest BCUT2D eigenvalue weighted by Gasteiger charge is -2.19. The van der Waals surface area contributed by atoms with E-state index in [0.717, 1.165) is 34.0 Å². The highest BCUT2D eigenvalue weighted by Crippen LogP contribution is 2.25. The van der Waals surface area contributed by atoms with Gasteiger partial charge in [0.05, 0.1) is 36.3 Å². The molecule has 7 nitrogen and oxygen atoms in total. The predicted molar refractivity (Wildman–Crippen MR) is 187 cm³/mol. The summed E-state index contributed by atoms with van der Waals surface area (Å²) in [5.74, 6) is 1.18. The van der Waals surface area contributed by atoms with E-state index in [0.29, 0.717) is 40.4 Å². The van der Waals surface area contributed by atoms with Crippen LogP contribution in [0, 0.1) is 22.7 Å². The third kappa shape index (κ3) is 9.83. The molecule has 238 valence electrons. The van der Waals surface area contributed by atoms with Crippen LogP contribution in [0.25, 0.3) is 22.3 Å². The summed E-state index contributed by atoms with van der Waals surface area (Å²) < 4.78 is 17.8. The van der Waals surface area contributed by atoms with Crippen LogP contribution in [0.1, 0.15) is 34.3 Å². The van der Waals surface area contributed by atoms with Crippen LogP contribution < -0.4 is 9.47 Å². The highest BCUT2D eigenvalue weighted by molar-refractivity contribution is 8.14. The van der Waals surface area contributed by atoms with Crippen LogP contribution in [0.2, 0.25) is 0 Å². The Kier molecular flexibility index (Phi) is 12.0. The number of rotatable bonds is 14. The lowest BCUT2D eigenvalue weighted by Crippen LogP contribution is -2.27. The molecule has 0 fully saturated rings. The Balaban J connectivity index is 1.16. The fraction of sp³-hybridized carbons (Fsp3) is 0.150. The standard InChI is InChI=1S/C40H32N2O5S/c41-26-29-6-10-31(11-7-29)33-14-18-36(19-15-33)45-24-22-38(47-39(43)23-25-48-40(44)35-4-2-1-3-5-35)28-46-37-20-16-34(17-21-37)32-12-8-30(27-42)9-13-32/h1-21,38H,22-25,28H2. The van der Waals surface area contributed by atoms with Crippen molar-refractivity contribution in [2.24, 2.45) is 0 Å². The zero-order valence-electron chi connectivity index (χ0n) is 26.1. The second kappa shape index (κ2) is 17.2. The fourth-order valence-corrected chi connectivity index (χ4v) is 5.52. The minimum atomic E-state index is -0.580. The summed E-state index contributed by atoms with van der Waals surface area (Å²) in [6.07, 6.45) is -0.109. The van der Waals surface area contributed by atoms with E-state index < -0.39 is 12.1 Å². The topological polar surface area (TPSA) is 109 Å². The van der Waals surface area contributed by atoms with Gasteiger partial charge in [-0.2, -0.15) is 10.5 Å². The molecule has 0 aromatic heterocycles. The van der Waals surface area contributed by atoms with Gasteiger partial charge in [-0.3, -0.25) is 9.59 Å². The Morgan fingerprint density at radius 2 is 1.10 bits per heavy atom. The molecule has 1 atom stereocenters. The van der Waals surface area contributed by atoms with E-state index in [-0.39, 0.29) is 24.7 Å². The SMILES string of the molecule is N#Cc1ccc(-c2ccc(OCCC(COc3ccc(-c4ccc(C#N)cc4)cc3)OC(=O)CCSC(=O)c3ccccc3)cc2)cc1. The Bertz CT molecular complexity index is 1880. The number of benzene rings is 5. The highest BCUT2D eigenvalue weighted by atomic mass is 32.2. The van der Waals surface area contributed by atoms with E-state index in [9.17, 15) is 9.59 Å². The first-order chi connectivity index (χ1) is 23.5. The van der Waals surface area contributed by atoms with Gasteiger partial charge < -0.3 is 14.2 Å². The molecule has 0 amide bonds. The van der Waals surface area contributed by atoms with E-state index in [1.807, 2.05) is 78.9 Å². The van der Waals surface area contributed by atoms with Gasteiger partial charge in [0.25, 0.3) is 0 Å². The molecule has 0 aliphatic rings. The lowest BCUT2D eigenvalue weighted by molar-refractivity contribution is -0.150. The van der Waals surface area contributed by atoms with Crippen LogP contribution in [-0.4, -0.2) is 36.2 Å². The van der Waals surface area contributed by atoms with E-state index in [2.05, 4.69) is 12.1 Å². The first-order valence-electron chi connectivity index (χ1n) is 15.4. The number of carbonyl (C=O) groups excluding carboxylic acids is 2. The van der Waals surface area contributed by atoms with Crippen molar-refractivity contribution in [1.82, 2.24) is 0 Å². The Morgan fingerprint density at radius 1 is 0.625 bits per heavy atom. The molecule has 5 aromatic rings. The second-order valence-electron chi connectivity index (χ2n) is 10.7. The van der Waals surface area contributed by atoms with E-state index in [1.54, 1.807) is 48.5 Å². The number of thioether (sulfide) groups is 1. The summed E-state index contributed by atoms with van der Waals surface area (Å²) in [5.41, 5.74) is 5.77. The molecule has 0 aliphatic carbocycles. The van der Waals surface area contributed by atoms with Crippen LogP contribution in [0.15, 0.2) is 127 Å². The lowest BCUT2D eigenvalue weighted by atomic mass is 10.0. The molecular weight excluding hydrogens is 621 g/mol. The van der Waals surface area contributed by atoms with Gasteiger partial charge in [-0.15, -0.1) is 0 Å². The van der Waals surface area contributed by atoms with E-state index in [4.69, 9.17) is 24.7 Å². The predicted octanol–water partition coefficient (Wildman–Crippen LogP) is 8.49. The average Bonchev–Trinajstić information content (AvgIpc) is 3.14. The van der Waals surface area contributed by atoms with Crippen molar-refractivity contribution in [3.05, 3.63) is 144 Å². The number of carbonyl (C=O) groups is 2. The number of esters is 1. The van der Waals surface area contributed by atoms with Gasteiger partial charge in [-0.1, -0.05) is 90.6 Å². The summed E-state index contributed by atoms with van der Waals surface area (Å²) in [7, 11) is 0. The van der Waals surface area contributed by atoms with Gasteiger partial charge in [-0.05, 0) is 70.8 Å². The van der Waals surface area contributed by atoms with Gasteiger partial charge >= 0.3 is 5.97 Å². The first kappa shape index (κ1) is 33.5. The van der Waals surface area contributed by atoms with Crippen molar-refractivity contribution < 1.29 is 23.8 Å². The first-order valence-corrected chi connectivity index (χ1v) is 16.4. The maximum absolute atomic E-state index is 12.8. The molecule has 0 radical (unpaired) electrons. The summed E-state index contributed by atoms with van der Waals surface area (Å²) in [5, 5.41) is 18.0. The smallest absolute Gasteiger partial charge is 0.307 e. The van der Waals surface area contributed by atoms with Crippen LogP contribution >= 0.6 is 11.8 Å². The van der Waals surface area contributed by atoms with Crippen LogP contribution in [-0.2, 0) is 9.53 Å². The number of nitrogens with zero attached hydrogens (tertiary/aromatic N) is 2. The molecule has 1 unspecified atom stereocenters. The van der Waals surface area contributed by atoms with Crippen molar-refractivity contribution in [1.29, 1.82) is 10.5 Å². The zero-order valence-corrected chi connectivity index (χ0v) is 26.9. The summed E-state index contributed by atoms with van der Waals surface area (Å²) in [4.78, 5) is 25.2. The normalized spacial score (nSPS) is 11.0. The number of ether oxygens (including phenoxy) is 3. The Labute approximate surface area is 284 Å². The molecule has 0 bridgehead atoms. The maximum Gasteiger partial charge on any atom is 0.307 e. The molecule has 48 heavy (non-hydrogen) atoms. The number of hydrogen-bond donors (Lipinski definition) is 0. The van der Waals surface area contributed by atoms with Gasteiger partial charge in [0.15, 0.2) is 0 Å². The average molecular weight is 653 g/mol. The number of nitriles is 2. The van der Waals surface area contributed by atoms with Crippen molar-refractivity contribution >= 4 is 22.8 Å². The molecule has 0 heterocycles. The second-order valence-corrected chi connectivity index (χ2v) is 11.8. The molecule has 0 N–H and O–H groups in total. The van der Waals surface area contributed by atoms with Crippen molar-refractivity contribution in [3.8, 4) is 45.9 Å². The van der Waals surface area contributed by atoms with Crippen molar-refractivity contribution in [2.75, 3.05) is 19.0 Å². The van der Waals surface area contributed by atoms with E-state index in [1.165, 1.54) is 0 Å². The molecule has 0 aliphatic heterocycles. The number of hydrogen-bond acceptors (Lipinski definition) is 8. The minimum Gasteiger partial charge on any atom is -0.493 e. The molecule has 5 aromatic carbocycles. The quantitative estimate of drug-likeness (QED) is 0.110. The van der Waals surface area contributed by atoms with E-state index >= 15 is 0 Å². The summed E-state index contributed by atoms with van der Waals surface area (Å²) in [6, 6.07) is 43.2. The third-order valence-corrected chi connectivity index (χ3v) is 8.30. The highest BCUT2D eigenvalue weighted by Gasteiger charge is 2.17. The van der Waals surface area contributed by atoms with Gasteiger partial charge in [-0.25, -0.2) is 0 Å². The van der Waals surface area contributed by atoms with Gasteiger partial charge in [0, 0.05) is 17.7 Å². The Hall–Kier alpha value is -5.83. The summed E-state index contributed by atoms with van der Waals surface area (Å²) >= 11 is 1.09. The molecule has 5 rings (SSSR count). The molecule has 8 heteroatoms. The summed E-state index contributed by atoms with van der Waals surface area (Å²) in [6.45, 7) is 0.412.